The van der Waals surface area contributed by atoms with Crippen LogP contribution in [0.1, 0.15) is 10.4 Å². The van der Waals surface area contributed by atoms with Crippen LogP contribution >= 0.6 is 0 Å². The SMILES string of the molecule is Cn1cc(C(=O)Nc2cc3[nH]c(-c4cnc[nH]4)cc3cn2)cn1. The highest BCUT2D eigenvalue weighted by atomic mass is 16.1. The van der Waals surface area contributed by atoms with Gasteiger partial charge in [0.1, 0.15) is 5.82 Å². The topological polar surface area (TPSA) is 104 Å². The first-order valence-electron chi connectivity index (χ1n) is 6.96. The summed E-state index contributed by atoms with van der Waals surface area (Å²) in [5, 5.41) is 7.70. The lowest BCUT2D eigenvalue weighted by Gasteiger charge is -2.02. The number of H-pyrrole nitrogens is 2. The molecule has 0 aromatic carbocycles. The molecule has 4 aromatic rings. The number of fused-ring (bicyclic) bond motifs is 1. The Hall–Kier alpha value is -3.42. The van der Waals surface area contributed by atoms with E-state index in [0.717, 1.165) is 22.3 Å². The molecule has 4 heterocycles. The van der Waals surface area contributed by atoms with Crippen molar-refractivity contribution in [2.24, 2.45) is 7.05 Å². The van der Waals surface area contributed by atoms with E-state index >= 15 is 0 Å². The third kappa shape index (κ3) is 2.46. The van der Waals surface area contributed by atoms with E-state index in [2.05, 4.69) is 30.4 Å². The van der Waals surface area contributed by atoms with Crippen LogP contribution in [0.2, 0.25) is 0 Å². The van der Waals surface area contributed by atoms with Crippen molar-refractivity contribution in [3.63, 3.8) is 0 Å². The zero-order valence-electron chi connectivity index (χ0n) is 12.2. The number of hydrogen-bond donors (Lipinski definition) is 3. The molecule has 114 valence electrons. The number of carbonyl (C=O) groups is 1. The van der Waals surface area contributed by atoms with Crippen molar-refractivity contribution in [3.05, 3.63) is 48.8 Å². The minimum absolute atomic E-state index is 0.245. The number of hydrogen-bond acceptors (Lipinski definition) is 4. The Labute approximate surface area is 130 Å². The van der Waals surface area contributed by atoms with E-state index in [4.69, 9.17) is 0 Å². The van der Waals surface area contributed by atoms with Gasteiger partial charge in [0, 0.05) is 30.9 Å². The third-order valence-corrected chi connectivity index (χ3v) is 3.50. The highest BCUT2D eigenvalue weighted by molar-refractivity contribution is 6.04. The van der Waals surface area contributed by atoms with Crippen molar-refractivity contribution >= 4 is 22.6 Å². The van der Waals surface area contributed by atoms with Crippen molar-refractivity contribution in [3.8, 4) is 11.4 Å². The minimum Gasteiger partial charge on any atom is -0.353 e. The summed E-state index contributed by atoms with van der Waals surface area (Å²) in [6.45, 7) is 0. The van der Waals surface area contributed by atoms with E-state index in [9.17, 15) is 4.79 Å². The van der Waals surface area contributed by atoms with Gasteiger partial charge in [-0.25, -0.2) is 9.97 Å². The fourth-order valence-electron chi connectivity index (χ4n) is 2.37. The van der Waals surface area contributed by atoms with Gasteiger partial charge in [-0.1, -0.05) is 0 Å². The molecule has 0 aliphatic rings. The smallest absolute Gasteiger partial charge is 0.260 e. The molecule has 8 nitrogen and oxygen atoms in total. The van der Waals surface area contributed by atoms with E-state index in [1.54, 1.807) is 42.7 Å². The number of pyridine rings is 1. The van der Waals surface area contributed by atoms with Crippen molar-refractivity contribution in [1.82, 2.24) is 29.7 Å². The lowest BCUT2D eigenvalue weighted by atomic mass is 10.3. The van der Waals surface area contributed by atoms with Crippen molar-refractivity contribution in [1.29, 1.82) is 0 Å². The average molecular weight is 307 g/mol. The Bertz CT molecular complexity index is 981. The molecule has 0 aliphatic heterocycles. The number of nitrogens with zero attached hydrogens (tertiary/aromatic N) is 4. The summed E-state index contributed by atoms with van der Waals surface area (Å²) in [5.74, 6) is 0.231. The molecule has 0 saturated heterocycles. The van der Waals surface area contributed by atoms with Gasteiger partial charge < -0.3 is 15.3 Å². The number of nitrogens with one attached hydrogen (secondary N) is 3. The molecule has 1 amide bonds. The lowest BCUT2D eigenvalue weighted by Crippen LogP contribution is -2.12. The molecule has 3 N–H and O–H groups in total. The van der Waals surface area contributed by atoms with Crippen molar-refractivity contribution < 1.29 is 4.79 Å². The summed E-state index contributed by atoms with van der Waals surface area (Å²) in [6, 6.07) is 3.77. The first-order valence-corrected chi connectivity index (χ1v) is 6.96. The standard InChI is InChI=1S/C15H13N7O/c1-22-7-10(5-19-22)15(23)21-14-3-11-9(4-17-14)2-12(20-11)13-6-16-8-18-13/h2-8,20H,1H3,(H,16,18)(H,17,21,23). The van der Waals surface area contributed by atoms with Crippen LogP contribution in [0.25, 0.3) is 22.3 Å². The second-order valence-corrected chi connectivity index (χ2v) is 5.16. The second kappa shape index (κ2) is 5.09. The number of rotatable bonds is 3. The predicted octanol–water partition coefficient (Wildman–Crippen LogP) is 1.94. The zero-order valence-corrected chi connectivity index (χ0v) is 12.2. The predicted molar refractivity (Wildman–Crippen MR) is 84.8 cm³/mol. The number of anilines is 1. The maximum Gasteiger partial charge on any atom is 0.260 e. The summed E-state index contributed by atoms with van der Waals surface area (Å²) in [5.41, 5.74) is 3.17. The monoisotopic (exact) mass is 307 g/mol. The maximum absolute atomic E-state index is 12.1. The van der Waals surface area contributed by atoms with Gasteiger partial charge in [-0.3, -0.25) is 9.48 Å². The lowest BCUT2D eigenvalue weighted by molar-refractivity contribution is 0.102. The molecule has 0 unspecified atom stereocenters. The molecule has 0 spiro atoms. The number of imidazole rings is 1. The van der Waals surface area contributed by atoms with Gasteiger partial charge in [-0.2, -0.15) is 5.10 Å². The van der Waals surface area contributed by atoms with Gasteiger partial charge >= 0.3 is 0 Å². The van der Waals surface area contributed by atoms with Gasteiger partial charge in [-0.05, 0) is 6.07 Å². The van der Waals surface area contributed by atoms with E-state index in [1.165, 1.54) is 6.20 Å². The maximum atomic E-state index is 12.1. The third-order valence-electron chi connectivity index (χ3n) is 3.50. The van der Waals surface area contributed by atoms with Crippen LogP contribution in [0, 0.1) is 0 Å². The highest BCUT2D eigenvalue weighted by Gasteiger charge is 2.10. The van der Waals surface area contributed by atoms with Gasteiger partial charge in [0.15, 0.2) is 0 Å². The number of carbonyl (C=O) groups excluding carboxylic acids is 1. The summed E-state index contributed by atoms with van der Waals surface area (Å²) in [6.07, 6.45) is 8.24. The Morgan fingerprint density at radius 1 is 1.22 bits per heavy atom. The molecule has 0 radical (unpaired) electrons. The minimum atomic E-state index is -0.245. The van der Waals surface area contributed by atoms with E-state index in [0.29, 0.717) is 11.4 Å². The molecule has 0 atom stereocenters. The van der Waals surface area contributed by atoms with Crippen LogP contribution in [-0.4, -0.2) is 35.6 Å². The molecular weight excluding hydrogens is 294 g/mol. The van der Waals surface area contributed by atoms with Crippen LogP contribution in [-0.2, 0) is 7.05 Å². The summed E-state index contributed by atoms with van der Waals surface area (Å²) >= 11 is 0. The molecule has 0 aliphatic carbocycles. The summed E-state index contributed by atoms with van der Waals surface area (Å²) in [4.78, 5) is 26.7. The summed E-state index contributed by atoms with van der Waals surface area (Å²) < 4.78 is 1.58. The van der Waals surface area contributed by atoms with E-state index < -0.39 is 0 Å². The van der Waals surface area contributed by atoms with Crippen LogP contribution < -0.4 is 5.32 Å². The Morgan fingerprint density at radius 3 is 2.87 bits per heavy atom. The fourth-order valence-corrected chi connectivity index (χ4v) is 2.37. The molecule has 0 bridgehead atoms. The number of amides is 1. The number of aromatic amines is 2. The fraction of sp³-hybridized carbons (Fsp3) is 0.0667. The second-order valence-electron chi connectivity index (χ2n) is 5.16. The molecular formula is C15H13N7O. The largest absolute Gasteiger partial charge is 0.353 e. The van der Waals surface area contributed by atoms with Gasteiger partial charge in [0.2, 0.25) is 0 Å². The number of aromatic nitrogens is 6. The highest BCUT2D eigenvalue weighted by Crippen LogP contribution is 2.23. The average Bonchev–Trinajstić information content (AvgIpc) is 3.26. The van der Waals surface area contributed by atoms with Crippen molar-refractivity contribution in [2.45, 2.75) is 0 Å². The van der Waals surface area contributed by atoms with Gasteiger partial charge in [0.05, 0.1) is 41.2 Å². The Morgan fingerprint density at radius 2 is 2.13 bits per heavy atom. The number of aryl methyl sites for hydroxylation is 1. The quantitative estimate of drug-likeness (QED) is 0.538. The Balaban J connectivity index is 1.62. The molecule has 8 heteroatoms. The molecule has 4 aromatic heterocycles. The molecule has 0 fully saturated rings. The first-order chi connectivity index (χ1) is 11.2. The Kier molecular flexibility index (Phi) is 2.94. The molecule has 0 saturated carbocycles. The van der Waals surface area contributed by atoms with Gasteiger partial charge in [-0.15, -0.1) is 0 Å². The van der Waals surface area contributed by atoms with E-state index in [-0.39, 0.29) is 5.91 Å². The van der Waals surface area contributed by atoms with Crippen LogP contribution in [0.5, 0.6) is 0 Å². The zero-order chi connectivity index (χ0) is 15.8. The molecule has 4 rings (SSSR count). The van der Waals surface area contributed by atoms with E-state index in [1.807, 2.05) is 6.07 Å². The van der Waals surface area contributed by atoms with Crippen molar-refractivity contribution in [2.75, 3.05) is 5.32 Å². The first kappa shape index (κ1) is 13.3. The normalized spacial score (nSPS) is 11.0. The summed E-state index contributed by atoms with van der Waals surface area (Å²) in [7, 11) is 1.76. The van der Waals surface area contributed by atoms with Crippen LogP contribution in [0.15, 0.2) is 43.2 Å². The van der Waals surface area contributed by atoms with Crippen LogP contribution in [0.4, 0.5) is 5.82 Å². The van der Waals surface area contributed by atoms with Crippen LogP contribution in [0.3, 0.4) is 0 Å². The molecule has 23 heavy (non-hydrogen) atoms. The van der Waals surface area contributed by atoms with Gasteiger partial charge in [0.25, 0.3) is 5.91 Å².